The molecule has 0 saturated carbocycles. The molecule has 1 aliphatic rings. The van der Waals surface area contributed by atoms with Crippen molar-refractivity contribution in [3.05, 3.63) is 36.0 Å². The molecular formula is C16H16F3N7. The van der Waals surface area contributed by atoms with Crippen molar-refractivity contribution in [3.63, 3.8) is 0 Å². The van der Waals surface area contributed by atoms with Crippen molar-refractivity contribution >= 4 is 17.0 Å². The molecule has 1 aromatic carbocycles. The third-order valence-electron chi connectivity index (χ3n) is 4.26. The fourth-order valence-corrected chi connectivity index (χ4v) is 2.99. The summed E-state index contributed by atoms with van der Waals surface area (Å²) in [5.41, 5.74) is -0.0207. The van der Waals surface area contributed by atoms with Gasteiger partial charge in [0.1, 0.15) is 11.1 Å². The van der Waals surface area contributed by atoms with Gasteiger partial charge in [-0.05, 0) is 31.5 Å². The van der Waals surface area contributed by atoms with E-state index < -0.39 is 11.7 Å². The first-order valence-corrected chi connectivity index (χ1v) is 8.25. The van der Waals surface area contributed by atoms with Crippen LogP contribution in [0.1, 0.15) is 18.4 Å². The molecule has 0 radical (unpaired) electrons. The van der Waals surface area contributed by atoms with E-state index in [2.05, 4.69) is 30.9 Å². The van der Waals surface area contributed by atoms with Crippen molar-refractivity contribution in [3.8, 4) is 5.82 Å². The number of nitrogens with one attached hydrogen (secondary N) is 2. The predicted molar refractivity (Wildman–Crippen MR) is 89.0 cm³/mol. The van der Waals surface area contributed by atoms with Crippen LogP contribution in [0, 0.1) is 0 Å². The SMILES string of the molecule is FC(F)(F)c1cnc(N[C@H]2CCCNC2)nc1-n1nnc2ccccc21. The van der Waals surface area contributed by atoms with E-state index in [0.29, 0.717) is 17.6 Å². The summed E-state index contributed by atoms with van der Waals surface area (Å²) < 4.78 is 41.5. The lowest BCUT2D eigenvalue weighted by atomic mass is 10.1. The molecule has 2 aromatic heterocycles. The number of hydrogen-bond acceptors (Lipinski definition) is 6. The summed E-state index contributed by atoms with van der Waals surface area (Å²) in [5, 5.41) is 14.1. The van der Waals surface area contributed by atoms with E-state index in [1.165, 1.54) is 0 Å². The van der Waals surface area contributed by atoms with Crippen molar-refractivity contribution < 1.29 is 13.2 Å². The van der Waals surface area contributed by atoms with Crippen molar-refractivity contribution in [2.75, 3.05) is 18.4 Å². The summed E-state index contributed by atoms with van der Waals surface area (Å²) in [5.74, 6) is -0.200. The molecule has 1 aliphatic heterocycles. The molecule has 26 heavy (non-hydrogen) atoms. The smallest absolute Gasteiger partial charge is 0.350 e. The molecule has 10 heteroatoms. The Bertz CT molecular complexity index is 916. The van der Waals surface area contributed by atoms with Crippen LogP contribution in [-0.2, 0) is 6.18 Å². The first-order chi connectivity index (χ1) is 12.5. The zero-order valence-electron chi connectivity index (χ0n) is 13.7. The summed E-state index contributed by atoms with van der Waals surface area (Å²) in [4.78, 5) is 7.97. The van der Waals surface area contributed by atoms with Crippen LogP contribution in [0.3, 0.4) is 0 Å². The van der Waals surface area contributed by atoms with Gasteiger partial charge in [-0.25, -0.2) is 4.98 Å². The Morgan fingerprint density at radius 2 is 2.08 bits per heavy atom. The predicted octanol–water partition coefficient (Wildman–Crippen LogP) is 2.39. The zero-order chi connectivity index (χ0) is 18.1. The van der Waals surface area contributed by atoms with E-state index in [-0.39, 0.29) is 17.8 Å². The normalized spacial score (nSPS) is 18.2. The highest BCUT2D eigenvalue weighted by molar-refractivity contribution is 5.75. The Kier molecular flexibility index (Phi) is 4.19. The Balaban J connectivity index is 1.78. The van der Waals surface area contributed by atoms with Crippen LogP contribution in [0.5, 0.6) is 0 Å². The molecule has 0 amide bonds. The van der Waals surface area contributed by atoms with E-state index >= 15 is 0 Å². The molecule has 4 rings (SSSR count). The van der Waals surface area contributed by atoms with Gasteiger partial charge in [0.05, 0.1) is 5.52 Å². The van der Waals surface area contributed by atoms with Gasteiger partial charge in [0.25, 0.3) is 0 Å². The van der Waals surface area contributed by atoms with Gasteiger partial charge in [-0.3, -0.25) is 0 Å². The zero-order valence-corrected chi connectivity index (χ0v) is 13.7. The highest BCUT2D eigenvalue weighted by atomic mass is 19.4. The summed E-state index contributed by atoms with van der Waals surface area (Å²) in [7, 11) is 0. The summed E-state index contributed by atoms with van der Waals surface area (Å²) in [6.07, 6.45) is -1.93. The molecule has 7 nitrogen and oxygen atoms in total. The molecule has 1 saturated heterocycles. The van der Waals surface area contributed by atoms with Gasteiger partial charge in [0.2, 0.25) is 5.95 Å². The topological polar surface area (TPSA) is 80.5 Å². The van der Waals surface area contributed by atoms with Gasteiger partial charge in [-0.1, -0.05) is 17.3 Å². The molecule has 0 unspecified atom stereocenters. The van der Waals surface area contributed by atoms with E-state index in [0.717, 1.165) is 30.3 Å². The molecule has 0 spiro atoms. The number of alkyl halides is 3. The minimum Gasteiger partial charge on any atom is -0.350 e. The number of halogens is 3. The number of nitrogens with zero attached hydrogens (tertiary/aromatic N) is 5. The molecule has 3 heterocycles. The van der Waals surface area contributed by atoms with Gasteiger partial charge < -0.3 is 10.6 Å². The van der Waals surface area contributed by atoms with E-state index in [1.54, 1.807) is 24.3 Å². The maximum atomic E-state index is 13.5. The first-order valence-electron chi connectivity index (χ1n) is 8.25. The van der Waals surface area contributed by atoms with Crippen molar-refractivity contribution in [2.24, 2.45) is 0 Å². The molecule has 136 valence electrons. The second kappa shape index (κ2) is 6.52. The summed E-state index contributed by atoms with van der Waals surface area (Å²) in [6, 6.07) is 6.86. The lowest BCUT2D eigenvalue weighted by Crippen LogP contribution is -2.39. The minimum atomic E-state index is -4.60. The minimum absolute atomic E-state index is 0.0702. The second-order valence-electron chi connectivity index (χ2n) is 6.11. The third-order valence-corrected chi connectivity index (χ3v) is 4.26. The number of para-hydroxylation sites is 1. The Hall–Kier alpha value is -2.75. The van der Waals surface area contributed by atoms with Crippen LogP contribution < -0.4 is 10.6 Å². The van der Waals surface area contributed by atoms with Gasteiger partial charge in [0.15, 0.2) is 5.82 Å². The van der Waals surface area contributed by atoms with Crippen LogP contribution >= 0.6 is 0 Å². The number of fused-ring (bicyclic) bond motifs is 1. The van der Waals surface area contributed by atoms with Gasteiger partial charge in [-0.15, -0.1) is 5.10 Å². The van der Waals surface area contributed by atoms with Crippen LogP contribution in [-0.4, -0.2) is 44.1 Å². The maximum Gasteiger partial charge on any atom is 0.421 e. The van der Waals surface area contributed by atoms with Crippen LogP contribution in [0.2, 0.25) is 0 Å². The quantitative estimate of drug-likeness (QED) is 0.744. The molecular weight excluding hydrogens is 347 g/mol. The fourth-order valence-electron chi connectivity index (χ4n) is 2.99. The van der Waals surface area contributed by atoms with Crippen LogP contribution in [0.25, 0.3) is 16.9 Å². The number of rotatable bonds is 3. The average Bonchev–Trinajstić information content (AvgIpc) is 3.05. The molecule has 0 bridgehead atoms. The maximum absolute atomic E-state index is 13.5. The third kappa shape index (κ3) is 3.19. The average molecular weight is 363 g/mol. The summed E-state index contributed by atoms with van der Waals surface area (Å²) in [6.45, 7) is 1.65. The van der Waals surface area contributed by atoms with E-state index in [1.807, 2.05) is 0 Å². The van der Waals surface area contributed by atoms with E-state index in [9.17, 15) is 13.2 Å². The molecule has 3 aromatic rings. The standard InChI is InChI=1S/C16H16F3N7/c17-16(18,19)11-9-21-15(22-10-4-3-7-20-8-10)23-14(11)26-13-6-2-1-5-12(13)24-25-26/h1-2,5-6,9-10,20H,3-4,7-8H2,(H,21,22,23)/t10-/m0/s1. The fraction of sp³-hybridized carbons (Fsp3) is 0.375. The number of piperidine rings is 1. The van der Waals surface area contributed by atoms with Gasteiger partial charge >= 0.3 is 6.18 Å². The van der Waals surface area contributed by atoms with Gasteiger partial charge in [0, 0.05) is 18.8 Å². The molecule has 2 N–H and O–H groups in total. The van der Waals surface area contributed by atoms with E-state index in [4.69, 9.17) is 0 Å². The lowest BCUT2D eigenvalue weighted by Gasteiger charge is -2.24. The number of aromatic nitrogens is 5. The van der Waals surface area contributed by atoms with Crippen molar-refractivity contribution in [2.45, 2.75) is 25.1 Å². The highest BCUT2D eigenvalue weighted by Crippen LogP contribution is 2.33. The summed E-state index contributed by atoms with van der Waals surface area (Å²) >= 11 is 0. The lowest BCUT2D eigenvalue weighted by molar-refractivity contribution is -0.138. The highest BCUT2D eigenvalue weighted by Gasteiger charge is 2.36. The first kappa shape index (κ1) is 16.7. The molecule has 1 fully saturated rings. The molecule has 0 aliphatic carbocycles. The number of hydrogen-bond donors (Lipinski definition) is 2. The monoisotopic (exact) mass is 363 g/mol. The largest absolute Gasteiger partial charge is 0.421 e. The number of anilines is 1. The Morgan fingerprint density at radius 1 is 1.23 bits per heavy atom. The second-order valence-corrected chi connectivity index (χ2v) is 6.11. The Morgan fingerprint density at radius 3 is 2.85 bits per heavy atom. The van der Waals surface area contributed by atoms with Crippen LogP contribution in [0.4, 0.5) is 19.1 Å². The Labute approximate surface area is 146 Å². The number of benzene rings is 1. The van der Waals surface area contributed by atoms with Gasteiger partial charge in [-0.2, -0.15) is 22.8 Å². The van der Waals surface area contributed by atoms with Crippen molar-refractivity contribution in [1.29, 1.82) is 0 Å². The van der Waals surface area contributed by atoms with Crippen molar-refractivity contribution in [1.82, 2.24) is 30.3 Å². The molecule has 1 atom stereocenters. The van der Waals surface area contributed by atoms with Crippen LogP contribution in [0.15, 0.2) is 30.5 Å².